The quantitative estimate of drug-likeness (QED) is 0.722. The Morgan fingerprint density at radius 2 is 1.25 bits per heavy atom. The third kappa shape index (κ3) is 6.30. The molecule has 1 aromatic rings. The zero-order chi connectivity index (χ0) is 17.4. The predicted molar refractivity (Wildman–Crippen MR) is 108 cm³/mol. The van der Waals surface area contributed by atoms with Crippen LogP contribution in [0.5, 0.6) is 0 Å². The molecule has 1 saturated heterocycles. The summed E-state index contributed by atoms with van der Waals surface area (Å²) in [6, 6.07) is 9.87. The molecule has 1 aromatic carbocycles. The molecule has 0 spiro atoms. The summed E-state index contributed by atoms with van der Waals surface area (Å²) in [5.74, 6) is 0. The molecule has 0 amide bonds. The second-order valence-corrected chi connectivity index (χ2v) is 12.9. The second-order valence-electron chi connectivity index (χ2n) is 7.83. The van der Waals surface area contributed by atoms with Crippen molar-refractivity contribution in [2.24, 2.45) is 0 Å². The minimum absolute atomic E-state index is 0.463. The van der Waals surface area contributed by atoms with Crippen LogP contribution in [-0.2, 0) is 0 Å². The molecule has 3 N–H and O–H groups in total. The van der Waals surface area contributed by atoms with E-state index in [1.54, 1.807) is 5.19 Å². The van der Waals surface area contributed by atoms with Crippen LogP contribution in [0, 0.1) is 0 Å². The topological polar surface area (TPSA) is 39.3 Å². The van der Waals surface area contributed by atoms with Gasteiger partial charge >= 0.3 is 0 Å². The van der Waals surface area contributed by atoms with E-state index in [4.69, 9.17) is 0 Å². The number of benzene rings is 1. The van der Waals surface area contributed by atoms with E-state index in [9.17, 15) is 0 Å². The van der Waals surface area contributed by atoms with E-state index in [1.165, 1.54) is 5.56 Å². The average molecular weight is 349 g/mol. The van der Waals surface area contributed by atoms with Gasteiger partial charge in [0.15, 0.2) is 0 Å². The first kappa shape index (κ1) is 19.6. The van der Waals surface area contributed by atoms with E-state index < -0.39 is 8.07 Å². The molecular weight excluding hydrogens is 312 g/mol. The van der Waals surface area contributed by atoms with Crippen molar-refractivity contribution in [3.63, 3.8) is 0 Å². The number of hydrogen-bond acceptors (Lipinski definition) is 4. The van der Waals surface area contributed by atoms with Gasteiger partial charge < -0.3 is 16.0 Å². The highest BCUT2D eigenvalue weighted by molar-refractivity contribution is 6.88. The summed E-state index contributed by atoms with van der Waals surface area (Å²) in [6.45, 7) is 18.1. The van der Waals surface area contributed by atoms with Crippen LogP contribution in [0.2, 0.25) is 19.6 Å². The predicted octanol–water partition coefficient (Wildman–Crippen LogP) is 1.38. The van der Waals surface area contributed by atoms with Gasteiger partial charge in [0.25, 0.3) is 0 Å². The first-order valence-corrected chi connectivity index (χ1v) is 12.9. The van der Waals surface area contributed by atoms with Crippen molar-refractivity contribution in [2.75, 3.05) is 52.4 Å². The van der Waals surface area contributed by atoms with Crippen molar-refractivity contribution >= 4 is 13.3 Å². The molecule has 1 heterocycles. The van der Waals surface area contributed by atoms with E-state index in [-0.39, 0.29) is 0 Å². The fourth-order valence-electron chi connectivity index (χ4n) is 3.15. The Morgan fingerprint density at radius 3 is 1.71 bits per heavy atom. The zero-order valence-corrected chi connectivity index (χ0v) is 17.0. The lowest BCUT2D eigenvalue weighted by atomic mass is 10.1. The third-order valence-electron chi connectivity index (χ3n) is 4.92. The summed E-state index contributed by atoms with van der Waals surface area (Å²) in [5, 5.41) is 12.1. The lowest BCUT2D eigenvalue weighted by molar-refractivity contribution is 0.210. The van der Waals surface area contributed by atoms with Crippen LogP contribution in [0.15, 0.2) is 24.3 Å². The number of nitrogens with zero attached hydrogens (tertiary/aromatic N) is 1. The fourth-order valence-corrected chi connectivity index (χ4v) is 4.31. The van der Waals surface area contributed by atoms with Gasteiger partial charge in [0.1, 0.15) is 0 Å². The molecule has 0 aliphatic carbocycles. The van der Waals surface area contributed by atoms with Crippen LogP contribution < -0.4 is 21.1 Å². The lowest BCUT2D eigenvalue weighted by Gasteiger charge is -2.30. The Kier molecular flexibility index (Phi) is 7.91. The zero-order valence-electron chi connectivity index (χ0n) is 16.0. The Morgan fingerprint density at radius 1 is 0.792 bits per heavy atom. The molecule has 1 fully saturated rings. The Hall–Kier alpha value is -0.723. The number of hydrogen-bond donors (Lipinski definition) is 3. The van der Waals surface area contributed by atoms with Crippen LogP contribution in [-0.4, -0.2) is 65.3 Å². The van der Waals surface area contributed by atoms with Gasteiger partial charge in [-0.3, -0.25) is 4.90 Å². The first-order valence-electron chi connectivity index (χ1n) is 9.45. The van der Waals surface area contributed by atoms with E-state index >= 15 is 0 Å². The molecule has 0 saturated carbocycles. The van der Waals surface area contributed by atoms with Crippen molar-refractivity contribution in [2.45, 2.75) is 32.6 Å². The normalized spacial score (nSPS) is 20.8. The molecule has 0 aromatic heterocycles. The summed E-state index contributed by atoms with van der Waals surface area (Å²) in [5.41, 5.74) is 1.44. The molecule has 136 valence electrons. The number of rotatable bonds is 3. The highest BCUT2D eigenvalue weighted by Crippen LogP contribution is 2.19. The highest BCUT2D eigenvalue weighted by Gasteiger charge is 2.19. The standard InChI is InChI=1S/C19H36N4Si/c1-17(18-5-7-19(8-6-18)24(2,3)4)23-15-13-21-11-9-20-10-12-22-14-16-23/h5-8,17,20-22H,9-16H2,1-4H3. The van der Waals surface area contributed by atoms with E-state index in [0.717, 1.165) is 52.4 Å². The molecule has 0 radical (unpaired) electrons. The van der Waals surface area contributed by atoms with Gasteiger partial charge in [0.2, 0.25) is 0 Å². The molecule has 5 heteroatoms. The SMILES string of the molecule is CC(c1ccc([Si](C)(C)C)cc1)N1CCNCCNCCNCC1. The molecule has 1 aliphatic rings. The van der Waals surface area contributed by atoms with Gasteiger partial charge in [0.05, 0.1) is 8.07 Å². The minimum Gasteiger partial charge on any atom is -0.314 e. The third-order valence-corrected chi connectivity index (χ3v) is 6.98. The lowest BCUT2D eigenvalue weighted by Crippen LogP contribution is -2.42. The molecule has 2 rings (SSSR count). The van der Waals surface area contributed by atoms with Crippen molar-refractivity contribution in [1.29, 1.82) is 0 Å². The van der Waals surface area contributed by atoms with Crippen LogP contribution in [0.1, 0.15) is 18.5 Å². The van der Waals surface area contributed by atoms with Crippen LogP contribution in [0.4, 0.5) is 0 Å². The first-order chi connectivity index (χ1) is 11.5. The van der Waals surface area contributed by atoms with Crippen LogP contribution in [0.25, 0.3) is 0 Å². The maximum absolute atomic E-state index is 3.55. The highest BCUT2D eigenvalue weighted by atomic mass is 28.3. The van der Waals surface area contributed by atoms with Crippen molar-refractivity contribution in [3.8, 4) is 0 Å². The molecule has 0 bridgehead atoms. The second kappa shape index (κ2) is 9.68. The molecule has 24 heavy (non-hydrogen) atoms. The van der Waals surface area contributed by atoms with Gasteiger partial charge in [0, 0.05) is 58.4 Å². The molecule has 1 unspecified atom stereocenters. The van der Waals surface area contributed by atoms with E-state index in [0.29, 0.717) is 6.04 Å². The largest absolute Gasteiger partial charge is 0.314 e. The van der Waals surface area contributed by atoms with Crippen LogP contribution in [0.3, 0.4) is 0 Å². The smallest absolute Gasteiger partial charge is 0.0775 e. The summed E-state index contributed by atoms with van der Waals surface area (Å²) in [4.78, 5) is 2.60. The summed E-state index contributed by atoms with van der Waals surface area (Å²) < 4.78 is 0. The van der Waals surface area contributed by atoms with Gasteiger partial charge in [-0.25, -0.2) is 0 Å². The molecule has 1 atom stereocenters. The monoisotopic (exact) mass is 348 g/mol. The van der Waals surface area contributed by atoms with Crippen LogP contribution >= 0.6 is 0 Å². The maximum atomic E-state index is 3.55. The van der Waals surface area contributed by atoms with E-state index in [1.807, 2.05) is 0 Å². The van der Waals surface area contributed by atoms with Crippen molar-refractivity contribution < 1.29 is 0 Å². The Labute approximate surface area is 149 Å². The minimum atomic E-state index is -1.21. The van der Waals surface area contributed by atoms with Gasteiger partial charge in [-0.1, -0.05) is 49.1 Å². The van der Waals surface area contributed by atoms with Gasteiger partial charge in [-0.15, -0.1) is 0 Å². The fraction of sp³-hybridized carbons (Fsp3) is 0.684. The van der Waals surface area contributed by atoms with Crippen molar-refractivity contribution in [1.82, 2.24) is 20.9 Å². The summed E-state index contributed by atoms with van der Waals surface area (Å²) in [7, 11) is -1.21. The van der Waals surface area contributed by atoms with Gasteiger partial charge in [-0.2, -0.15) is 0 Å². The van der Waals surface area contributed by atoms with E-state index in [2.05, 4.69) is 71.7 Å². The molecule has 4 nitrogen and oxygen atoms in total. The average Bonchev–Trinajstić information content (AvgIpc) is 2.54. The Balaban J connectivity index is 1.99. The summed E-state index contributed by atoms with van der Waals surface area (Å²) >= 11 is 0. The molecular formula is C19H36N4Si. The van der Waals surface area contributed by atoms with Crippen molar-refractivity contribution in [3.05, 3.63) is 29.8 Å². The molecule has 1 aliphatic heterocycles. The Bertz CT molecular complexity index is 457. The number of nitrogens with one attached hydrogen (secondary N) is 3. The summed E-state index contributed by atoms with van der Waals surface area (Å²) in [6.07, 6.45) is 0. The van der Waals surface area contributed by atoms with Gasteiger partial charge in [-0.05, 0) is 12.5 Å². The maximum Gasteiger partial charge on any atom is 0.0775 e.